The normalized spacial score (nSPS) is 23.1. The Morgan fingerprint density at radius 2 is 1.26 bits per heavy atom. The fraction of sp³-hybridized carbons (Fsp3) is 0.355. The molecule has 6 nitrogen and oxygen atoms in total. The van der Waals surface area contributed by atoms with Gasteiger partial charge >= 0.3 is 0 Å². The molecule has 0 unspecified atom stereocenters. The Balaban J connectivity index is 1.57. The summed E-state index contributed by atoms with van der Waals surface area (Å²) in [5, 5.41) is -0.425. The molecule has 0 spiro atoms. The fourth-order valence-corrected chi connectivity index (χ4v) is 5.58. The van der Waals surface area contributed by atoms with Crippen LogP contribution in [0.3, 0.4) is 0 Å². The van der Waals surface area contributed by atoms with Crippen molar-refractivity contribution in [3.63, 3.8) is 0 Å². The minimum Gasteiger partial charge on any atom is -0.374 e. The van der Waals surface area contributed by atoms with E-state index in [1.807, 2.05) is 91.0 Å². The molecule has 200 valence electrons. The third kappa shape index (κ3) is 8.35. The van der Waals surface area contributed by atoms with Crippen LogP contribution in [0.2, 0.25) is 0 Å². The number of rotatable bonds is 13. The molecule has 3 aromatic carbocycles. The Morgan fingerprint density at radius 1 is 0.763 bits per heavy atom. The van der Waals surface area contributed by atoms with Crippen LogP contribution in [0.25, 0.3) is 0 Å². The number of benzene rings is 3. The van der Waals surface area contributed by atoms with Gasteiger partial charge in [0.1, 0.15) is 18.5 Å². The molecule has 1 fully saturated rings. The molecule has 0 N–H and O–H groups in total. The molecule has 38 heavy (non-hydrogen) atoms. The summed E-state index contributed by atoms with van der Waals surface area (Å²) in [6.45, 7) is 2.89. The van der Waals surface area contributed by atoms with Crippen molar-refractivity contribution in [1.82, 2.24) is 0 Å². The molecular weight excluding hydrogens is 500 g/mol. The highest BCUT2D eigenvalue weighted by Crippen LogP contribution is 2.36. The van der Waals surface area contributed by atoms with E-state index in [9.17, 15) is 9.59 Å². The second-order valence-electron chi connectivity index (χ2n) is 9.21. The number of thioether (sulfide) groups is 1. The van der Waals surface area contributed by atoms with Crippen LogP contribution in [-0.4, -0.2) is 47.7 Å². The number of aldehydes is 1. The molecule has 0 aliphatic carbocycles. The lowest BCUT2D eigenvalue weighted by Gasteiger charge is -2.45. The Labute approximate surface area is 228 Å². The molecule has 3 aromatic rings. The molecule has 0 bridgehead atoms. The van der Waals surface area contributed by atoms with Crippen LogP contribution in [0, 0.1) is 0 Å². The molecule has 5 atom stereocenters. The quantitative estimate of drug-likeness (QED) is 0.273. The smallest absolute Gasteiger partial charge is 0.186 e. The molecule has 1 aliphatic rings. The maximum absolute atomic E-state index is 12.4. The predicted octanol–water partition coefficient (Wildman–Crippen LogP) is 5.38. The van der Waals surface area contributed by atoms with Gasteiger partial charge in [0.05, 0.1) is 43.9 Å². The van der Waals surface area contributed by atoms with Crippen molar-refractivity contribution in [3.8, 4) is 0 Å². The van der Waals surface area contributed by atoms with E-state index in [4.69, 9.17) is 18.9 Å². The molecule has 0 radical (unpaired) electrons. The monoisotopic (exact) mass is 534 g/mol. The van der Waals surface area contributed by atoms with E-state index in [2.05, 4.69) is 0 Å². The summed E-state index contributed by atoms with van der Waals surface area (Å²) in [6.07, 6.45) is -1.06. The number of hydrogen-bond donors (Lipinski definition) is 0. The second kappa shape index (κ2) is 15.0. The van der Waals surface area contributed by atoms with Gasteiger partial charge in [-0.15, -0.1) is 0 Å². The highest BCUT2D eigenvalue weighted by atomic mass is 32.2. The zero-order valence-corrected chi connectivity index (χ0v) is 22.3. The van der Waals surface area contributed by atoms with Crippen LogP contribution in [0.4, 0.5) is 0 Å². The lowest BCUT2D eigenvalue weighted by molar-refractivity contribution is -0.212. The maximum Gasteiger partial charge on any atom is 0.186 e. The summed E-state index contributed by atoms with van der Waals surface area (Å²) in [5.41, 5.74) is 3.06. The van der Waals surface area contributed by atoms with Crippen molar-refractivity contribution in [2.24, 2.45) is 0 Å². The van der Waals surface area contributed by atoms with Crippen molar-refractivity contribution in [2.45, 2.75) is 62.8 Å². The highest BCUT2D eigenvalue weighted by molar-refractivity contribution is 8.14. The Kier molecular flexibility index (Phi) is 11.1. The van der Waals surface area contributed by atoms with Gasteiger partial charge in [-0.2, -0.15) is 0 Å². The van der Waals surface area contributed by atoms with E-state index in [1.54, 1.807) is 0 Å². The van der Waals surface area contributed by atoms with E-state index < -0.39 is 24.4 Å². The number of ether oxygens (including phenoxy) is 4. The number of carbonyl (C=O) groups excluding carboxylic acids is 2. The second-order valence-corrected chi connectivity index (χ2v) is 10.6. The lowest BCUT2D eigenvalue weighted by Crippen LogP contribution is -2.59. The summed E-state index contributed by atoms with van der Waals surface area (Å²) < 4.78 is 25.4. The van der Waals surface area contributed by atoms with Crippen molar-refractivity contribution in [1.29, 1.82) is 0 Å². The Morgan fingerprint density at radius 3 is 1.76 bits per heavy atom. The van der Waals surface area contributed by atoms with Crippen molar-refractivity contribution < 1.29 is 28.5 Å². The SMILES string of the molecule is CC(=O)S[C@H]1[C@H](OCc2ccccc2)[C@@H](OCc2ccccc2)[C@@H](CC=O)O[C@@H]1COCc1ccccc1. The van der Waals surface area contributed by atoms with Crippen LogP contribution in [0.5, 0.6) is 0 Å². The Hall–Kier alpha value is -2.81. The van der Waals surface area contributed by atoms with E-state index >= 15 is 0 Å². The van der Waals surface area contributed by atoms with Crippen LogP contribution in [0.1, 0.15) is 30.0 Å². The van der Waals surface area contributed by atoms with Gasteiger partial charge in [0, 0.05) is 13.3 Å². The van der Waals surface area contributed by atoms with Gasteiger partial charge in [0.25, 0.3) is 0 Å². The largest absolute Gasteiger partial charge is 0.374 e. The van der Waals surface area contributed by atoms with Crippen molar-refractivity contribution in [3.05, 3.63) is 108 Å². The first-order valence-corrected chi connectivity index (χ1v) is 13.7. The van der Waals surface area contributed by atoms with Crippen molar-refractivity contribution in [2.75, 3.05) is 6.61 Å². The molecule has 1 saturated heterocycles. The molecule has 1 heterocycles. The van der Waals surface area contributed by atoms with Crippen LogP contribution < -0.4 is 0 Å². The van der Waals surface area contributed by atoms with E-state index in [-0.39, 0.29) is 23.4 Å². The van der Waals surface area contributed by atoms with Gasteiger partial charge in [0.15, 0.2) is 5.12 Å². The summed E-state index contributed by atoms with van der Waals surface area (Å²) in [4.78, 5) is 24.1. The fourth-order valence-electron chi connectivity index (χ4n) is 4.54. The van der Waals surface area contributed by atoms with Gasteiger partial charge in [-0.05, 0) is 16.7 Å². The van der Waals surface area contributed by atoms with Crippen LogP contribution in [-0.2, 0) is 48.4 Å². The first-order valence-electron chi connectivity index (χ1n) is 12.8. The molecule has 0 saturated carbocycles. The van der Waals surface area contributed by atoms with Crippen LogP contribution in [0.15, 0.2) is 91.0 Å². The average Bonchev–Trinajstić information content (AvgIpc) is 2.94. The number of hydrogen-bond acceptors (Lipinski definition) is 7. The third-order valence-corrected chi connectivity index (χ3v) is 7.50. The highest BCUT2D eigenvalue weighted by Gasteiger charge is 2.48. The molecular formula is C31H34O6S. The van der Waals surface area contributed by atoms with Crippen LogP contribution >= 0.6 is 11.8 Å². The van der Waals surface area contributed by atoms with Gasteiger partial charge in [-0.25, -0.2) is 0 Å². The topological polar surface area (TPSA) is 71.1 Å². The van der Waals surface area contributed by atoms with E-state index in [0.717, 1.165) is 23.0 Å². The molecule has 0 aromatic heterocycles. The molecule has 4 rings (SSSR count). The zero-order chi connectivity index (χ0) is 26.6. The van der Waals surface area contributed by atoms with Gasteiger partial charge < -0.3 is 23.7 Å². The summed E-state index contributed by atoms with van der Waals surface area (Å²) in [7, 11) is 0. The first kappa shape index (κ1) is 28.2. The van der Waals surface area contributed by atoms with Gasteiger partial charge in [0.2, 0.25) is 0 Å². The standard InChI is InChI=1S/C31H34O6S/c1-23(33)38-31-28(22-34-19-24-11-5-2-6-12-24)37-27(17-18-32)29(35-20-25-13-7-3-8-14-25)30(31)36-21-26-15-9-4-10-16-26/h2-16,18,27-31H,17,19-22H2,1H3/t27-,28-,29+,30-,31-/m1/s1. The predicted molar refractivity (Wildman–Crippen MR) is 148 cm³/mol. The third-order valence-electron chi connectivity index (χ3n) is 6.32. The van der Waals surface area contributed by atoms with Crippen molar-refractivity contribution >= 4 is 23.2 Å². The number of carbonyl (C=O) groups is 2. The lowest BCUT2D eigenvalue weighted by atomic mass is 9.95. The van der Waals surface area contributed by atoms with E-state index in [0.29, 0.717) is 19.8 Å². The summed E-state index contributed by atoms with van der Waals surface area (Å²) >= 11 is 1.18. The first-order chi connectivity index (χ1) is 18.6. The Bertz CT molecular complexity index is 1110. The van der Waals surface area contributed by atoms with E-state index in [1.165, 1.54) is 18.7 Å². The molecule has 1 aliphatic heterocycles. The van der Waals surface area contributed by atoms with Gasteiger partial charge in [-0.3, -0.25) is 4.79 Å². The summed E-state index contributed by atoms with van der Waals surface area (Å²) in [5.74, 6) is 0. The molecule has 0 amide bonds. The zero-order valence-electron chi connectivity index (χ0n) is 21.5. The average molecular weight is 535 g/mol. The minimum absolute atomic E-state index is 0.0457. The minimum atomic E-state index is -0.550. The summed E-state index contributed by atoms with van der Waals surface area (Å²) in [6, 6.07) is 29.6. The maximum atomic E-state index is 12.4. The van der Waals surface area contributed by atoms with Gasteiger partial charge in [-0.1, -0.05) is 103 Å². The molecule has 7 heteroatoms.